The molecule has 4 fully saturated rings. The van der Waals surface area contributed by atoms with Crippen molar-refractivity contribution in [3.8, 4) is 0 Å². The van der Waals surface area contributed by atoms with Gasteiger partial charge in [-0.3, -0.25) is 4.79 Å². The summed E-state index contributed by atoms with van der Waals surface area (Å²) in [4.78, 5) is 21.5. The highest BCUT2D eigenvalue weighted by molar-refractivity contribution is 5.94. The molecule has 1 aromatic heterocycles. The maximum Gasteiger partial charge on any atom is 0.255 e. The van der Waals surface area contributed by atoms with Crippen LogP contribution in [0.1, 0.15) is 36.0 Å². The SMILES string of the molecule is O=C(c1ccc(N2CCC3(CC2)OCCO3)nc1)N1CCC2(CC1)OCCO2. The first-order chi connectivity index (χ1) is 13.7. The lowest BCUT2D eigenvalue weighted by Gasteiger charge is -2.38. The van der Waals surface area contributed by atoms with E-state index in [1.54, 1.807) is 6.20 Å². The molecule has 0 N–H and O–H groups in total. The van der Waals surface area contributed by atoms with Crippen LogP contribution in [0.25, 0.3) is 0 Å². The molecule has 0 aromatic carbocycles. The Hall–Kier alpha value is -1.74. The lowest BCUT2D eigenvalue weighted by atomic mass is 10.0. The number of nitrogens with zero attached hydrogens (tertiary/aromatic N) is 3. The van der Waals surface area contributed by atoms with Crippen molar-refractivity contribution in [2.75, 3.05) is 57.5 Å². The van der Waals surface area contributed by atoms with E-state index in [1.165, 1.54) is 0 Å². The van der Waals surface area contributed by atoms with Gasteiger partial charge in [-0.15, -0.1) is 0 Å². The molecule has 2 spiro atoms. The summed E-state index contributed by atoms with van der Waals surface area (Å²) < 4.78 is 23.0. The van der Waals surface area contributed by atoms with Crippen LogP contribution >= 0.6 is 0 Å². The molecule has 8 heteroatoms. The van der Waals surface area contributed by atoms with Gasteiger partial charge in [0.2, 0.25) is 0 Å². The molecule has 0 atom stereocenters. The molecule has 0 unspecified atom stereocenters. The third kappa shape index (κ3) is 3.39. The normalized spacial score (nSPS) is 26.3. The first kappa shape index (κ1) is 18.3. The second kappa shape index (κ2) is 7.26. The number of likely N-dealkylation sites (tertiary alicyclic amines) is 1. The van der Waals surface area contributed by atoms with Gasteiger partial charge in [-0.2, -0.15) is 0 Å². The van der Waals surface area contributed by atoms with Crippen LogP contribution in [-0.2, 0) is 18.9 Å². The molecule has 0 radical (unpaired) electrons. The number of rotatable bonds is 2. The second-order valence-corrected chi connectivity index (χ2v) is 7.90. The van der Waals surface area contributed by atoms with Crippen LogP contribution in [0, 0.1) is 0 Å². The van der Waals surface area contributed by atoms with Gasteiger partial charge in [0, 0.05) is 58.1 Å². The van der Waals surface area contributed by atoms with Crippen LogP contribution in [0.4, 0.5) is 5.82 Å². The van der Waals surface area contributed by atoms with E-state index in [4.69, 9.17) is 18.9 Å². The van der Waals surface area contributed by atoms with Gasteiger partial charge < -0.3 is 28.7 Å². The first-order valence-electron chi connectivity index (χ1n) is 10.2. The second-order valence-electron chi connectivity index (χ2n) is 7.90. The van der Waals surface area contributed by atoms with Crippen LogP contribution in [0.2, 0.25) is 0 Å². The Kier molecular flexibility index (Phi) is 4.74. The minimum absolute atomic E-state index is 0.0252. The zero-order valence-electron chi connectivity index (χ0n) is 16.1. The predicted molar refractivity (Wildman–Crippen MR) is 100 cm³/mol. The largest absolute Gasteiger partial charge is 0.356 e. The third-order valence-corrected chi connectivity index (χ3v) is 6.28. The lowest BCUT2D eigenvalue weighted by Crippen LogP contribution is -2.47. The molecule has 4 aliphatic rings. The maximum atomic E-state index is 12.8. The Balaban J connectivity index is 1.18. The predicted octanol–water partition coefficient (Wildman–Crippen LogP) is 1.40. The first-order valence-corrected chi connectivity index (χ1v) is 10.2. The summed E-state index contributed by atoms with van der Waals surface area (Å²) in [6, 6.07) is 3.82. The number of ether oxygens (including phenoxy) is 4. The molecule has 8 nitrogen and oxygen atoms in total. The van der Waals surface area contributed by atoms with Crippen molar-refractivity contribution in [1.82, 2.24) is 9.88 Å². The molecule has 0 saturated carbocycles. The van der Waals surface area contributed by atoms with Crippen molar-refractivity contribution < 1.29 is 23.7 Å². The molecule has 4 saturated heterocycles. The maximum absolute atomic E-state index is 12.8. The highest BCUT2D eigenvalue weighted by atomic mass is 16.7. The summed E-state index contributed by atoms with van der Waals surface area (Å²) in [6.07, 6.45) is 4.83. The zero-order valence-corrected chi connectivity index (χ0v) is 16.1. The van der Waals surface area contributed by atoms with Gasteiger partial charge in [0.25, 0.3) is 5.91 Å². The Bertz CT molecular complexity index is 693. The van der Waals surface area contributed by atoms with Crippen LogP contribution < -0.4 is 4.90 Å². The van der Waals surface area contributed by atoms with Crippen LogP contribution in [-0.4, -0.2) is 80.0 Å². The Morgan fingerprint density at radius 2 is 1.36 bits per heavy atom. The van der Waals surface area contributed by atoms with Gasteiger partial charge in [0.1, 0.15) is 5.82 Å². The Morgan fingerprint density at radius 3 is 1.86 bits per heavy atom. The third-order valence-electron chi connectivity index (χ3n) is 6.28. The van der Waals surface area contributed by atoms with E-state index in [2.05, 4.69) is 9.88 Å². The molecular formula is C20H27N3O5. The summed E-state index contributed by atoms with van der Waals surface area (Å²) in [5.74, 6) is 0.0779. The number of pyridine rings is 1. The van der Waals surface area contributed by atoms with Gasteiger partial charge in [-0.1, -0.05) is 0 Å². The van der Waals surface area contributed by atoms with Crippen molar-refractivity contribution in [1.29, 1.82) is 0 Å². The van der Waals surface area contributed by atoms with Crippen molar-refractivity contribution in [3.63, 3.8) is 0 Å². The molecule has 1 aromatic rings. The average molecular weight is 389 g/mol. The summed E-state index contributed by atoms with van der Waals surface area (Å²) in [5.41, 5.74) is 0.629. The van der Waals surface area contributed by atoms with E-state index in [1.807, 2.05) is 17.0 Å². The standard InChI is InChI=1S/C20H27N3O5/c24-18(23-9-5-20(6-10-23)27-13-14-28-20)16-1-2-17(21-15-16)22-7-3-19(4-8-22)25-11-12-26-19/h1-2,15H,3-14H2. The number of hydrogen-bond donors (Lipinski definition) is 0. The summed E-state index contributed by atoms with van der Waals surface area (Å²) in [7, 11) is 0. The highest BCUT2D eigenvalue weighted by Crippen LogP contribution is 2.33. The fourth-order valence-corrected chi connectivity index (χ4v) is 4.58. The van der Waals surface area contributed by atoms with Gasteiger partial charge in [-0.05, 0) is 12.1 Å². The van der Waals surface area contributed by atoms with Crippen molar-refractivity contribution in [2.24, 2.45) is 0 Å². The van der Waals surface area contributed by atoms with Gasteiger partial charge >= 0.3 is 0 Å². The number of carbonyl (C=O) groups is 1. The van der Waals surface area contributed by atoms with Crippen LogP contribution in [0.3, 0.4) is 0 Å². The number of anilines is 1. The molecule has 1 amide bonds. The molecule has 4 aliphatic heterocycles. The van der Waals surface area contributed by atoms with E-state index < -0.39 is 5.79 Å². The fourth-order valence-electron chi connectivity index (χ4n) is 4.58. The molecule has 5 heterocycles. The quantitative estimate of drug-likeness (QED) is 0.757. The number of carbonyl (C=O) groups excluding carboxylic acids is 1. The van der Waals surface area contributed by atoms with E-state index in [-0.39, 0.29) is 11.7 Å². The number of amides is 1. The van der Waals surface area contributed by atoms with E-state index >= 15 is 0 Å². The van der Waals surface area contributed by atoms with Gasteiger partial charge in [-0.25, -0.2) is 4.98 Å². The Labute approximate surface area is 164 Å². The summed E-state index contributed by atoms with van der Waals surface area (Å²) in [5, 5.41) is 0. The van der Waals surface area contributed by atoms with Crippen LogP contribution in [0.15, 0.2) is 18.3 Å². The lowest BCUT2D eigenvalue weighted by molar-refractivity contribution is -0.181. The number of hydrogen-bond acceptors (Lipinski definition) is 7. The molecule has 152 valence electrons. The number of piperidine rings is 2. The van der Waals surface area contributed by atoms with E-state index in [9.17, 15) is 4.79 Å². The van der Waals surface area contributed by atoms with E-state index in [0.717, 1.165) is 44.6 Å². The van der Waals surface area contributed by atoms with Crippen molar-refractivity contribution in [2.45, 2.75) is 37.3 Å². The summed E-state index contributed by atoms with van der Waals surface area (Å²) >= 11 is 0. The molecule has 0 bridgehead atoms. The van der Waals surface area contributed by atoms with E-state index in [0.29, 0.717) is 45.1 Å². The average Bonchev–Trinajstić information content (AvgIpc) is 3.39. The van der Waals surface area contributed by atoms with Gasteiger partial charge in [0.15, 0.2) is 11.6 Å². The molecule has 0 aliphatic carbocycles. The topological polar surface area (TPSA) is 73.4 Å². The summed E-state index contributed by atoms with van der Waals surface area (Å²) in [6.45, 7) is 5.65. The molecule has 5 rings (SSSR count). The molecular weight excluding hydrogens is 362 g/mol. The van der Waals surface area contributed by atoms with Gasteiger partial charge in [0.05, 0.1) is 32.0 Å². The smallest absolute Gasteiger partial charge is 0.255 e. The van der Waals surface area contributed by atoms with Crippen molar-refractivity contribution >= 4 is 11.7 Å². The Morgan fingerprint density at radius 1 is 0.821 bits per heavy atom. The number of aromatic nitrogens is 1. The zero-order chi connectivity index (χ0) is 19.0. The monoisotopic (exact) mass is 389 g/mol. The minimum Gasteiger partial charge on any atom is -0.356 e. The fraction of sp³-hybridized carbons (Fsp3) is 0.700. The minimum atomic E-state index is -0.461. The highest BCUT2D eigenvalue weighted by Gasteiger charge is 2.41. The molecule has 28 heavy (non-hydrogen) atoms. The van der Waals surface area contributed by atoms with Crippen LogP contribution in [0.5, 0.6) is 0 Å². The van der Waals surface area contributed by atoms with Crippen molar-refractivity contribution in [3.05, 3.63) is 23.9 Å².